The molecule has 0 spiro atoms. The molecule has 0 aliphatic heterocycles. The second-order valence-electron chi connectivity index (χ2n) is 9.12. The molecule has 0 unspecified atom stereocenters. The minimum atomic E-state index is 0.511. The van der Waals surface area contributed by atoms with E-state index in [0.29, 0.717) is 28.7 Å². The summed E-state index contributed by atoms with van der Waals surface area (Å²) in [5.41, 5.74) is 4.65. The van der Waals surface area contributed by atoms with Crippen LogP contribution in [-0.2, 0) is 25.7 Å². The lowest BCUT2D eigenvalue weighted by Crippen LogP contribution is -2.00. The molecule has 0 heterocycles. The monoisotopic (exact) mass is 528 g/mol. The molecule has 0 saturated heterocycles. The van der Waals surface area contributed by atoms with Crippen LogP contribution >= 0.6 is 0 Å². The normalized spacial score (nSPS) is 10.6. The van der Waals surface area contributed by atoms with Crippen LogP contribution in [0.1, 0.15) is 22.3 Å². The fraction of sp³-hybridized carbons (Fsp3) is 0.273. The molecular formula is C33H36O6. The van der Waals surface area contributed by atoms with Gasteiger partial charge in [-0.3, -0.25) is 0 Å². The highest BCUT2D eigenvalue weighted by Crippen LogP contribution is 2.44. The Bertz CT molecular complexity index is 1340. The molecule has 0 radical (unpaired) electrons. The molecule has 0 N–H and O–H groups in total. The Balaban J connectivity index is 1.53. The summed E-state index contributed by atoms with van der Waals surface area (Å²) in [6.07, 6.45) is 3.41. The van der Waals surface area contributed by atoms with Gasteiger partial charge in [0.05, 0.1) is 35.5 Å². The lowest BCUT2D eigenvalue weighted by molar-refractivity contribution is 0.332. The molecule has 0 aliphatic carbocycles. The van der Waals surface area contributed by atoms with Gasteiger partial charge >= 0.3 is 0 Å². The topological polar surface area (TPSA) is 55.4 Å². The molecule has 0 bridgehead atoms. The smallest absolute Gasteiger partial charge is 0.211 e. The second kappa shape index (κ2) is 13.5. The average molecular weight is 529 g/mol. The minimum Gasteiger partial charge on any atom is -0.497 e. The first-order chi connectivity index (χ1) is 19.1. The predicted octanol–water partition coefficient (Wildman–Crippen LogP) is 7.09. The summed E-state index contributed by atoms with van der Waals surface area (Å²) in [6, 6.07) is 26.2. The minimum absolute atomic E-state index is 0.511. The lowest BCUT2D eigenvalue weighted by Gasteiger charge is -2.18. The van der Waals surface area contributed by atoms with E-state index in [9.17, 15) is 0 Å². The summed E-state index contributed by atoms with van der Waals surface area (Å²) in [5.74, 6) is 4.65. The molecule has 4 aromatic carbocycles. The molecule has 6 nitrogen and oxygen atoms in total. The van der Waals surface area contributed by atoms with Gasteiger partial charge in [-0.2, -0.15) is 0 Å². The zero-order valence-electron chi connectivity index (χ0n) is 23.3. The van der Waals surface area contributed by atoms with E-state index >= 15 is 0 Å². The van der Waals surface area contributed by atoms with Crippen molar-refractivity contribution in [2.75, 3.05) is 35.5 Å². The van der Waals surface area contributed by atoms with Crippen molar-refractivity contribution in [1.82, 2.24) is 0 Å². The first kappa shape index (κ1) is 27.7. The van der Waals surface area contributed by atoms with Crippen LogP contribution in [0, 0.1) is 0 Å². The highest BCUT2D eigenvalue weighted by Gasteiger charge is 2.18. The van der Waals surface area contributed by atoms with E-state index in [2.05, 4.69) is 30.3 Å². The molecule has 4 aromatic rings. The maximum absolute atomic E-state index is 6.41. The van der Waals surface area contributed by atoms with Gasteiger partial charge < -0.3 is 28.4 Å². The quantitative estimate of drug-likeness (QED) is 0.185. The molecule has 204 valence electrons. The molecule has 4 rings (SSSR count). The standard InChI is InChI=1S/C33H36O6/c1-34-27-16-13-23(14-17-27)9-12-26-21-31(37-4)33(32(22-26)38-5)39-30-20-25(15-18-29(30)36-3)11-10-24-7-6-8-28(19-24)35-2/h6-8,13-22H,9-12H2,1-5H3. The largest absolute Gasteiger partial charge is 0.497 e. The van der Waals surface area contributed by atoms with Crippen LogP contribution < -0.4 is 28.4 Å². The SMILES string of the molecule is COc1ccc(CCc2cc(OC)c(Oc3cc(CCc4cccc(OC)c4)ccc3OC)c(OC)c2)cc1. The lowest BCUT2D eigenvalue weighted by atomic mass is 10.0. The van der Waals surface area contributed by atoms with Crippen molar-refractivity contribution in [2.24, 2.45) is 0 Å². The number of aryl methyl sites for hydroxylation is 4. The molecule has 0 saturated carbocycles. The molecule has 6 heteroatoms. The highest BCUT2D eigenvalue weighted by atomic mass is 16.6. The molecule has 0 fully saturated rings. The van der Waals surface area contributed by atoms with Crippen molar-refractivity contribution in [2.45, 2.75) is 25.7 Å². The van der Waals surface area contributed by atoms with Crippen molar-refractivity contribution < 1.29 is 28.4 Å². The van der Waals surface area contributed by atoms with Gasteiger partial charge in [0.1, 0.15) is 11.5 Å². The fourth-order valence-corrected chi connectivity index (χ4v) is 4.44. The fourth-order valence-electron chi connectivity index (χ4n) is 4.44. The van der Waals surface area contributed by atoms with Gasteiger partial charge in [-0.05, 0) is 96.5 Å². The van der Waals surface area contributed by atoms with Crippen LogP contribution in [0.25, 0.3) is 0 Å². The summed E-state index contributed by atoms with van der Waals surface area (Å²) < 4.78 is 34.1. The van der Waals surface area contributed by atoms with Crippen LogP contribution in [0.4, 0.5) is 0 Å². The molecule has 39 heavy (non-hydrogen) atoms. The van der Waals surface area contributed by atoms with Crippen LogP contribution in [0.2, 0.25) is 0 Å². The molecule has 0 aromatic heterocycles. The van der Waals surface area contributed by atoms with Crippen molar-refractivity contribution in [3.63, 3.8) is 0 Å². The van der Waals surface area contributed by atoms with Crippen molar-refractivity contribution in [3.8, 4) is 40.2 Å². The van der Waals surface area contributed by atoms with Crippen LogP contribution in [-0.4, -0.2) is 35.5 Å². The Hall–Kier alpha value is -4.32. The summed E-state index contributed by atoms with van der Waals surface area (Å²) in [5, 5.41) is 0. The predicted molar refractivity (Wildman–Crippen MR) is 153 cm³/mol. The van der Waals surface area contributed by atoms with E-state index < -0.39 is 0 Å². The zero-order valence-corrected chi connectivity index (χ0v) is 23.3. The number of hydrogen-bond acceptors (Lipinski definition) is 6. The van der Waals surface area contributed by atoms with Gasteiger partial charge in [-0.25, -0.2) is 0 Å². The van der Waals surface area contributed by atoms with E-state index in [-0.39, 0.29) is 0 Å². The number of methoxy groups -OCH3 is 5. The Morgan fingerprint density at radius 1 is 0.410 bits per heavy atom. The molecule has 0 amide bonds. The average Bonchev–Trinajstić information content (AvgIpc) is 2.99. The number of hydrogen-bond donors (Lipinski definition) is 0. The molecule has 0 aliphatic rings. The number of benzene rings is 4. The maximum Gasteiger partial charge on any atom is 0.211 e. The van der Waals surface area contributed by atoms with Gasteiger partial charge in [0.15, 0.2) is 23.0 Å². The Morgan fingerprint density at radius 2 is 0.949 bits per heavy atom. The third-order valence-corrected chi connectivity index (χ3v) is 6.66. The van der Waals surface area contributed by atoms with Gasteiger partial charge in [-0.15, -0.1) is 0 Å². The van der Waals surface area contributed by atoms with E-state index in [0.717, 1.165) is 48.3 Å². The Labute approximate surface area is 231 Å². The third-order valence-electron chi connectivity index (χ3n) is 6.66. The Kier molecular flexibility index (Phi) is 9.57. The van der Waals surface area contributed by atoms with E-state index in [1.54, 1.807) is 35.5 Å². The van der Waals surface area contributed by atoms with Gasteiger partial charge in [0.2, 0.25) is 5.75 Å². The first-order valence-corrected chi connectivity index (χ1v) is 12.9. The first-order valence-electron chi connectivity index (χ1n) is 12.9. The van der Waals surface area contributed by atoms with Crippen LogP contribution in [0.15, 0.2) is 78.9 Å². The van der Waals surface area contributed by atoms with Crippen molar-refractivity contribution >= 4 is 0 Å². The Morgan fingerprint density at radius 3 is 1.56 bits per heavy atom. The summed E-state index contributed by atoms with van der Waals surface area (Å²) in [6.45, 7) is 0. The van der Waals surface area contributed by atoms with Crippen LogP contribution in [0.5, 0.6) is 40.2 Å². The van der Waals surface area contributed by atoms with Crippen molar-refractivity contribution in [3.05, 3.63) is 101 Å². The summed E-state index contributed by atoms with van der Waals surface area (Å²) >= 11 is 0. The van der Waals surface area contributed by atoms with Gasteiger partial charge in [-0.1, -0.05) is 30.3 Å². The van der Waals surface area contributed by atoms with Crippen LogP contribution in [0.3, 0.4) is 0 Å². The maximum atomic E-state index is 6.41. The van der Waals surface area contributed by atoms with Crippen molar-refractivity contribution in [1.29, 1.82) is 0 Å². The zero-order chi connectivity index (χ0) is 27.6. The number of rotatable bonds is 13. The third kappa shape index (κ3) is 7.17. The molecule has 0 atom stereocenters. The van der Waals surface area contributed by atoms with E-state index in [1.165, 1.54) is 11.1 Å². The van der Waals surface area contributed by atoms with Gasteiger partial charge in [0.25, 0.3) is 0 Å². The second-order valence-corrected chi connectivity index (χ2v) is 9.12. The highest BCUT2D eigenvalue weighted by molar-refractivity contribution is 5.57. The summed E-state index contributed by atoms with van der Waals surface area (Å²) in [4.78, 5) is 0. The number of ether oxygens (including phenoxy) is 6. The van der Waals surface area contributed by atoms with E-state index in [4.69, 9.17) is 28.4 Å². The van der Waals surface area contributed by atoms with E-state index in [1.807, 2.05) is 48.5 Å². The molecular weight excluding hydrogens is 492 g/mol. The summed E-state index contributed by atoms with van der Waals surface area (Å²) in [7, 11) is 8.26. The van der Waals surface area contributed by atoms with Gasteiger partial charge in [0, 0.05) is 0 Å².